The average molecular weight is 432 g/mol. The van der Waals surface area contributed by atoms with Gasteiger partial charge < -0.3 is 19.1 Å². The quantitative estimate of drug-likeness (QED) is 0.630. The van der Waals surface area contributed by atoms with E-state index in [2.05, 4.69) is 4.98 Å². The third kappa shape index (κ3) is 3.65. The van der Waals surface area contributed by atoms with Crippen LogP contribution in [0.1, 0.15) is 12.8 Å². The molecule has 2 aliphatic rings. The van der Waals surface area contributed by atoms with Crippen molar-refractivity contribution in [3.63, 3.8) is 0 Å². The van der Waals surface area contributed by atoms with Crippen LogP contribution < -0.4 is 14.2 Å². The number of carbonyl (C=O) groups excluding carboxylic acids is 1. The maximum absolute atomic E-state index is 13.8. The summed E-state index contributed by atoms with van der Waals surface area (Å²) >= 11 is 1.11. The van der Waals surface area contributed by atoms with Gasteiger partial charge in [-0.05, 0) is 18.2 Å². The molecule has 3 aromatic rings. The average Bonchev–Trinajstić information content (AvgIpc) is 3.16. The summed E-state index contributed by atoms with van der Waals surface area (Å²) in [6.07, 6.45) is 0.414. The number of hydrogen-bond acceptors (Lipinski definition) is 6. The molecular formula is C21H18F2N2O4S. The van der Waals surface area contributed by atoms with Gasteiger partial charge in [0.25, 0.3) is 11.1 Å². The lowest BCUT2D eigenvalue weighted by atomic mass is 10.1. The van der Waals surface area contributed by atoms with Gasteiger partial charge in [0.1, 0.15) is 24.0 Å². The van der Waals surface area contributed by atoms with Crippen molar-refractivity contribution < 1.29 is 27.8 Å². The fourth-order valence-electron chi connectivity index (χ4n) is 3.67. The minimum atomic E-state index is -0.701. The number of thiazole rings is 1. The molecule has 156 valence electrons. The zero-order valence-electron chi connectivity index (χ0n) is 15.8. The Balaban J connectivity index is 1.19. The summed E-state index contributed by atoms with van der Waals surface area (Å²) in [7, 11) is 0. The standard InChI is InChI=1S/C21H18F2N2O4S/c22-12-9-14(23)19-18(10-12)30-21(24-19)28-13-5-7-25(8-6-13)20(26)17-11-27-15-3-1-2-4-16(15)29-17/h1-4,9-10,13,17H,5-8,11H2. The molecule has 6 nitrogen and oxygen atoms in total. The van der Waals surface area contributed by atoms with E-state index in [1.54, 1.807) is 17.0 Å². The predicted octanol–water partition coefficient (Wildman–Crippen LogP) is 3.78. The maximum atomic E-state index is 13.8. The van der Waals surface area contributed by atoms with E-state index in [1.807, 2.05) is 12.1 Å². The molecule has 0 N–H and O–H groups in total. The van der Waals surface area contributed by atoms with Gasteiger partial charge in [0.05, 0.1) is 4.70 Å². The van der Waals surface area contributed by atoms with Crippen molar-refractivity contribution in [2.75, 3.05) is 19.7 Å². The Labute approximate surface area is 175 Å². The Morgan fingerprint density at radius 1 is 1.17 bits per heavy atom. The second kappa shape index (κ2) is 7.71. The zero-order valence-corrected chi connectivity index (χ0v) is 16.7. The molecule has 3 heterocycles. The SMILES string of the molecule is O=C(C1COc2ccccc2O1)N1CCC(Oc2nc3c(F)cc(F)cc3s2)CC1. The molecule has 9 heteroatoms. The first-order chi connectivity index (χ1) is 14.6. The summed E-state index contributed by atoms with van der Waals surface area (Å²) < 4.78 is 44.9. The normalized spacial score (nSPS) is 19.1. The van der Waals surface area contributed by atoms with Crippen LogP contribution in [0.2, 0.25) is 0 Å². The van der Waals surface area contributed by atoms with Crippen LogP contribution in [-0.4, -0.2) is 47.7 Å². The molecule has 1 saturated heterocycles. The molecule has 0 spiro atoms. The van der Waals surface area contributed by atoms with E-state index >= 15 is 0 Å². The summed E-state index contributed by atoms with van der Waals surface area (Å²) in [4.78, 5) is 18.7. The number of benzene rings is 2. The van der Waals surface area contributed by atoms with Crippen LogP contribution in [0, 0.1) is 11.6 Å². The van der Waals surface area contributed by atoms with E-state index in [4.69, 9.17) is 14.2 Å². The van der Waals surface area contributed by atoms with Crippen LogP contribution in [-0.2, 0) is 4.79 Å². The monoisotopic (exact) mass is 432 g/mol. The van der Waals surface area contributed by atoms with Crippen LogP contribution in [0.15, 0.2) is 36.4 Å². The molecule has 1 unspecified atom stereocenters. The number of hydrogen-bond donors (Lipinski definition) is 0. The van der Waals surface area contributed by atoms with Gasteiger partial charge in [0.15, 0.2) is 17.3 Å². The second-order valence-electron chi connectivity index (χ2n) is 7.22. The zero-order chi connectivity index (χ0) is 20.7. The van der Waals surface area contributed by atoms with Crippen molar-refractivity contribution >= 4 is 27.5 Å². The Morgan fingerprint density at radius 3 is 2.73 bits per heavy atom. The Bertz CT molecular complexity index is 1100. The van der Waals surface area contributed by atoms with Crippen LogP contribution in [0.25, 0.3) is 10.2 Å². The number of piperidine rings is 1. The van der Waals surface area contributed by atoms with Gasteiger partial charge in [0.2, 0.25) is 6.10 Å². The second-order valence-corrected chi connectivity index (χ2v) is 8.21. The Kier molecular flexibility index (Phi) is 4.90. The van der Waals surface area contributed by atoms with Gasteiger partial charge in [-0.2, -0.15) is 4.98 Å². The molecule has 5 rings (SSSR count). The number of nitrogens with zero attached hydrogens (tertiary/aromatic N) is 2. The number of likely N-dealkylation sites (tertiary alicyclic amines) is 1. The summed E-state index contributed by atoms with van der Waals surface area (Å²) in [5.74, 6) is -0.243. The number of carbonyl (C=O) groups is 1. The highest BCUT2D eigenvalue weighted by Gasteiger charge is 2.33. The van der Waals surface area contributed by atoms with E-state index < -0.39 is 17.7 Å². The van der Waals surface area contributed by atoms with Gasteiger partial charge >= 0.3 is 0 Å². The third-order valence-corrected chi connectivity index (χ3v) is 6.09. The van der Waals surface area contributed by atoms with Gasteiger partial charge in [-0.15, -0.1) is 0 Å². The number of halogens is 2. The summed E-state index contributed by atoms with van der Waals surface area (Å²) in [6, 6.07) is 9.33. The maximum Gasteiger partial charge on any atom is 0.274 e. The van der Waals surface area contributed by atoms with Crippen molar-refractivity contribution in [1.29, 1.82) is 0 Å². The van der Waals surface area contributed by atoms with Gasteiger partial charge in [-0.1, -0.05) is 23.5 Å². The number of para-hydroxylation sites is 2. The molecule has 1 amide bonds. The Hall–Kier alpha value is -2.94. The first-order valence-electron chi connectivity index (χ1n) is 9.66. The molecule has 1 aromatic heterocycles. The first-order valence-corrected chi connectivity index (χ1v) is 10.5. The molecule has 0 saturated carbocycles. The highest BCUT2D eigenvalue weighted by atomic mass is 32.1. The summed E-state index contributed by atoms with van der Waals surface area (Å²) in [5.41, 5.74) is 0.110. The number of ether oxygens (including phenoxy) is 3. The van der Waals surface area contributed by atoms with Crippen molar-refractivity contribution in [3.05, 3.63) is 48.0 Å². The lowest BCUT2D eigenvalue weighted by molar-refractivity contribution is -0.143. The van der Waals surface area contributed by atoms with Crippen LogP contribution in [0.4, 0.5) is 8.78 Å². The molecule has 1 fully saturated rings. The summed E-state index contributed by atoms with van der Waals surface area (Å²) in [6.45, 7) is 1.21. The highest BCUT2D eigenvalue weighted by Crippen LogP contribution is 2.33. The number of fused-ring (bicyclic) bond motifs is 2. The molecular weight excluding hydrogens is 414 g/mol. The van der Waals surface area contributed by atoms with Crippen molar-refractivity contribution in [2.24, 2.45) is 0 Å². The van der Waals surface area contributed by atoms with E-state index in [-0.39, 0.29) is 24.1 Å². The molecule has 0 aliphatic carbocycles. The van der Waals surface area contributed by atoms with Crippen molar-refractivity contribution in [1.82, 2.24) is 9.88 Å². The fraction of sp³-hybridized carbons (Fsp3) is 0.333. The minimum absolute atomic E-state index is 0.110. The number of amides is 1. The fourth-order valence-corrected chi connectivity index (χ4v) is 4.59. The van der Waals surface area contributed by atoms with Crippen LogP contribution in [0.5, 0.6) is 16.7 Å². The Morgan fingerprint density at radius 2 is 1.93 bits per heavy atom. The van der Waals surface area contributed by atoms with Crippen LogP contribution >= 0.6 is 11.3 Å². The molecule has 2 aliphatic heterocycles. The number of rotatable bonds is 3. The van der Waals surface area contributed by atoms with E-state index in [1.165, 1.54) is 6.07 Å². The molecule has 2 aromatic carbocycles. The van der Waals surface area contributed by atoms with E-state index in [0.717, 1.165) is 17.4 Å². The van der Waals surface area contributed by atoms with Crippen molar-refractivity contribution in [3.8, 4) is 16.7 Å². The van der Waals surface area contributed by atoms with Gasteiger partial charge in [-0.25, -0.2) is 8.78 Å². The minimum Gasteiger partial charge on any atom is -0.485 e. The lowest BCUT2D eigenvalue weighted by Gasteiger charge is -2.35. The van der Waals surface area contributed by atoms with E-state index in [0.29, 0.717) is 47.3 Å². The van der Waals surface area contributed by atoms with Crippen LogP contribution in [0.3, 0.4) is 0 Å². The lowest BCUT2D eigenvalue weighted by Crippen LogP contribution is -2.50. The summed E-state index contributed by atoms with van der Waals surface area (Å²) in [5, 5.41) is 0.305. The molecule has 0 bridgehead atoms. The largest absolute Gasteiger partial charge is 0.485 e. The smallest absolute Gasteiger partial charge is 0.274 e. The third-order valence-electron chi connectivity index (χ3n) is 5.20. The first kappa shape index (κ1) is 19.0. The molecule has 0 radical (unpaired) electrons. The highest BCUT2D eigenvalue weighted by molar-refractivity contribution is 7.20. The van der Waals surface area contributed by atoms with E-state index in [9.17, 15) is 13.6 Å². The van der Waals surface area contributed by atoms with Gasteiger partial charge in [-0.3, -0.25) is 4.79 Å². The molecule has 30 heavy (non-hydrogen) atoms. The number of aromatic nitrogens is 1. The molecule has 1 atom stereocenters. The predicted molar refractivity (Wildman–Crippen MR) is 106 cm³/mol. The topological polar surface area (TPSA) is 60.9 Å². The van der Waals surface area contributed by atoms with Crippen molar-refractivity contribution in [2.45, 2.75) is 25.0 Å². The van der Waals surface area contributed by atoms with Gasteiger partial charge in [0, 0.05) is 32.0 Å².